The van der Waals surface area contributed by atoms with Gasteiger partial charge in [0.05, 0.1) is 0 Å². The number of benzene rings is 3. The molecule has 0 N–H and O–H groups in total. The summed E-state index contributed by atoms with van der Waals surface area (Å²) in [4.78, 5) is 0. The largest absolute Gasteiger partial charge is 0.741 e. The number of alkyl halides is 3. The fourth-order valence-corrected chi connectivity index (χ4v) is 3.23. The highest BCUT2D eigenvalue weighted by atomic mass is 32.2. The van der Waals surface area contributed by atoms with E-state index in [1.54, 1.807) is 0 Å². The molecule has 170 valence electrons. The third-order valence-electron chi connectivity index (χ3n) is 4.84. The quantitative estimate of drug-likeness (QED) is 0.223. The number of nitrogens with zero attached hydrogens (tertiary/aromatic N) is 1. The molecule has 0 unspecified atom stereocenters. The number of hydrogen-bond acceptors (Lipinski definition) is 3. The molecule has 0 radical (unpaired) electrons. The molecule has 0 bridgehead atoms. The smallest absolute Gasteiger partial charge is 0.485 e. The standard InChI is InChI=1S/C24H20N.CHF3O3S/c1-25-23(20-13-7-3-8-14-20)17-22(19-11-5-2-6-12-19)18-24(25)21-15-9-4-10-16-21;2-1(3,4)8(5,6)7/h2-18H,1H3;(H,5,6,7)/q+1;/p-1. The Bertz CT molecular complexity index is 1250. The SMILES string of the molecule is C[n+]1c(-c2ccccc2)cc(-c2ccccc2)cc1-c1ccccc1.O=S(=O)([O-])C(F)(F)F. The van der Waals surface area contributed by atoms with E-state index in [0.717, 1.165) is 0 Å². The zero-order valence-corrected chi connectivity index (χ0v) is 18.3. The van der Waals surface area contributed by atoms with Crippen LogP contribution in [0.4, 0.5) is 13.2 Å². The first kappa shape index (κ1) is 24.2. The number of pyridine rings is 1. The number of hydrogen-bond donors (Lipinski definition) is 0. The molecule has 3 aromatic carbocycles. The normalized spacial score (nSPS) is 11.4. The Morgan fingerprint density at radius 1 is 0.636 bits per heavy atom. The van der Waals surface area contributed by atoms with Gasteiger partial charge in [0.15, 0.2) is 10.1 Å². The average molecular weight is 472 g/mol. The molecule has 8 heteroatoms. The predicted octanol–water partition coefficient (Wildman–Crippen LogP) is 5.56. The van der Waals surface area contributed by atoms with E-state index in [-0.39, 0.29) is 0 Å². The minimum atomic E-state index is -6.09. The second kappa shape index (κ2) is 9.97. The van der Waals surface area contributed by atoms with Gasteiger partial charge >= 0.3 is 5.51 Å². The summed E-state index contributed by atoms with van der Waals surface area (Å²) in [5, 5.41) is 0. The van der Waals surface area contributed by atoms with Crippen LogP contribution in [0.15, 0.2) is 103 Å². The van der Waals surface area contributed by atoms with Crippen LogP contribution < -0.4 is 4.57 Å². The third-order valence-corrected chi connectivity index (χ3v) is 5.40. The Kier molecular flexibility index (Phi) is 7.30. The van der Waals surface area contributed by atoms with Crippen LogP contribution in [-0.2, 0) is 17.2 Å². The Hall–Kier alpha value is -3.49. The Morgan fingerprint density at radius 2 is 0.939 bits per heavy atom. The molecule has 0 aliphatic carbocycles. The maximum absolute atomic E-state index is 10.7. The van der Waals surface area contributed by atoms with Crippen LogP contribution in [0, 0.1) is 0 Å². The molecule has 4 nitrogen and oxygen atoms in total. The zero-order chi connectivity index (χ0) is 24.1. The fraction of sp³-hybridized carbons (Fsp3) is 0.0800. The van der Waals surface area contributed by atoms with Crippen LogP contribution in [0.1, 0.15) is 0 Å². The zero-order valence-electron chi connectivity index (χ0n) is 17.5. The van der Waals surface area contributed by atoms with Gasteiger partial charge in [-0.2, -0.15) is 17.7 Å². The molecule has 1 heterocycles. The van der Waals surface area contributed by atoms with E-state index in [0.29, 0.717) is 0 Å². The second-order valence-electron chi connectivity index (χ2n) is 7.07. The molecule has 1 aromatic heterocycles. The molecule has 0 saturated heterocycles. The van der Waals surface area contributed by atoms with Crippen molar-refractivity contribution in [1.29, 1.82) is 0 Å². The lowest BCUT2D eigenvalue weighted by Gasteiger charge is -2.10. The molecule has 0 fully saturated rings. The fourth-order valence-electron chi connectivity index (χ4n) is 3.23. The number of rotatable bonds is 3. The van der Waals surface area contributed by atoms with Crippen LogP contribution in [0.2, 0.25) is 0 Å². The Balaban J connectivity index is 0.000000331. The van der Waals surface area contributed by atoms with Gasteiger partial charge in [-0.05, 0) is 35.4 Å². The van der Waals surface area contributed by atoms with E-state index < -0.39 is 15.6 Å². The summed E-state index contributed by atoms with van der Waals surface area (Å²) in [6.07, 6.45) is 0. The van der Waals surface area contributed by atoms with E-state index in [4.69, 9.17) is 13.0 Å². The first-order valence-corrected chi connectivity index (χ1v) is 11.2. The van der Waals surface area contributed by atoms with Gasteiger partial charge in [-0.25, -0.2) is 8.42 Å². The summed E-state index contributed by atoms with van der Waals surface area (Å²) < 4.78 is 61.2. The predicted molar refractivity (Wildman–Crippen MR) is 120 cm³/mol. The molecule has 4 aromatic rings. The lowest BCUT2D eigenvalue weighted by atomic mass is 9.99. The van der Waals surface area contributed by atoms with Gasteiger partial charge in [-0.15, -0.1) is 0 Å². The maximum Gasteiger partial charge on any atom is 0.485 e. The molecule has 0 amide bonds. The van der Waals surface area contributed by atoms with Crippen molar-refractivity contribution in [3.8, 4) is 33.6 Å². The van der Waals surface area contributed by atoms with Gasteiger partial charge in [0.25, 0.3) is 0 Å². The van der Waals surface area contributed by atoms with Crippen molar-refractivity contribution in [3.05, 3.63) is 103 Å². The molecule has 0 saturated carbocycles. The van der Waals surface area contributed by atoms with Crippen LogP contribution >= 0.6 is 0 Å². The van der Waals surface area contributed by atoms with Crippen LogP contribution in [-0.4, -0.2) is 18.5 Å². The first-order chi connectivity index (χ1) is 15.6. The van der Waals surface area contributed by atoms with Crippen LogP contribution in [0.5, 0.6) is 0 Å². The van der Waals surface area contributed by atoms with E-state index in [1.807, 2.05) is 0 Å². The van der Waals surface area contributed by atoms with Crippen molar-refractivity contribution >= 4 is 10.1 Å². The molecule has 0 spiro atoms. The second-order valence-corrected chi connectivity index (χ2v) is 8.44. The molecule has 4 rings (SSSR count). The molecule has 33 heavy (non-hydrogen) atoms. The Morgan fingerprint density at radius 3 is 1.24 bits per heavy atom. The summed E-state index contributed by atoms with van der Waals surface area (Å²) in [5.74, 6) is 0. The van der Waals surface area contributed by atoms with Gasteiger partial charge < -0.3 is 4.55 Å². The van der Waals surface area contributed by atoms with Gasteiger partial charge in [0, 0.05) is 23.3 Å². The first-order valence-electron chi connectivity index (χ1n) is 9.80. The van der Waals surface area contributed by atoms with Crippen molar-refractivity contribution in [1.82, 2.24) is 0 Å². The van der Waals surface area contributed by atoms with E-state index in [1.165, 1.54) is 33.6 Å². The molecule has 0 aliphatic rings. The van der Waals surface area contributed by atoms with E-state index >= 15 is 0 Å². The molecule has 0 atom stereocenters. The van der Waals surface area contributed by atoms with Crippen molar-refractivity contribution in [3.63, 3.8) is 0 Å². The highest BCUT2D eigenvalue weighted by Gasteiger charge is 2.36. The number of aromatic nitrogens is 1. The maximum atomic E-state index is 10.7. The lowest BCUT2D eigenvalue weighted by molar-refractivity contribution is -0.649. The minimum absolute atomic E-state index is 1.21. The van der Waals surface area contributed by atoms with E-state index in [9.17, 15) is 13.2 Å². The van der Waals surface area contributed by atoms with Crippen molar-refractivity contribution in [2.45, 2.75) is 5.51 Å². The summed E-state index contributed by atoms with van der Waals surface area (Å²) in [7, 11) is -3.95. The van der Waals surface area contributed by atoms with Gasteiger partial charge in [0.2, 0.25) is 11.4 Å². The summed E-state index contributed by atoms with van der Waals surface area (Å²) in [6, 6.07) is 36.3. The van der Waals surface area contributed by atoms with E-state index in [2.05, 4.69) is 115 Å². The van der Waals surface area contributed by atoms with Crippen molar-refractivity contribution in [2.75, 3.05) is 0 Å². The average Bonchev–Trinajstić information content (AvgIpc) is 2.80. The highest BCUT2D eigenvalue weighted by Crippen LogP contribution is 2.28. The highest BCUT2D eigenvalue weighted by molar-refractivity contribution is 7.86. The van der Waals surface area contributed by atoms with Gasteiger partial charge in [0.1, 0.15) is 7.05 Å². The van der Waals surface area contributed by atoms with Crippen LogP contribution in [0.3, 0.4) is 0 Å². The summed E-state index contributed by atoms with van der Waals surface area (Å²) >= 11 is 0. The molecule has 0 aliphatic heterocycles. The molecular weight excluding hydrogens is 451 g/mol. The van der Waals surface area contributed by atoms with Gasteiger partial charge in [-0.3, -0.25) is 0 Å². The number of halogens is 3. The van der Waals surface area contributed by atoms with Gasteiger partial charge in [-0.1, -0.05) is 66.7 Å². The van der Waals surface area contributed by atoms with Crippen LogP contribution in [0.25, 0.3) is 33.6 Å². The molecular formula is C25H20F3NO3S. The lowest BCUT2D eigenvalue weighted by Crippen LogP contribution is -2.34. The third kappa shape index (κ3) is 6.06. The monoisotopic (exact) mass is 471 g/mol. The summed E-state index contributed by atoms with van der Waals surface area (Å²) in [5.41, 5.74) is 1.68. The van der Waals surface area contributed by atoms with Crippen molar-refractivity contribution in [2.24, 2.45) is 7.05 Å². The Labute approximate surface area is 190 Å². The minimum Gasteiger partial charge on any atom is -0.741 e. The summed E-state index contributed by atoms with van der Waals surface area (Å²) in [6.45, 7) is 0. The topological polar surface area (TPSA) is 61.1 Å². The van der Waals surface area contributed by atoms with Crippen molar-refractivity contribution < 1.29 is 30.7 Å².